The molecular weight excluding hydrogens is 443 g/mol. The molecule has 3 aromatic carbocycles. The van der Waals surface area contributed by atoms with E-state index in [9.17, 15) is 22.8 Å². The van der Waals surface area contributed by atoms with E-state index in [4.69, 9.17) is 0 Å². The minimum absolute atomic E-state index is 0.0283. The van der Waals surface area contributed by atoms with Crippen LogP contribution in [0.25, 0.3) is 10.9 Å². The largest absolute Gasteiger partial charge is 0.416 e. The van der Waals surface area contributed by atoms with Gasteiger partial charge in [0.15, 0.2) is 0 Å². The van der Waals surface area contributed by atoms with Crippen LogP contribution in [0.1, 0.15) is 32.6 Å². The number of amides is 2. The molecule has 5 nitrogen and oxygen atoms in total. The summed E-state index contributed by atoms with van der Waals surface area (Å²) >= 11 is 0. The lowest BCUT2D eigenvalue weighted by Crippen LogP contribution is -2.17. The summed E-state index contributed by atoms with van der Waals surface area (Å²) in [5.41, 5.74) is 3.50. The predicted octanol–water partition coefficient (Wildman–Crippen LogP) is 6.24. The van der Waals surface area contributed by atoms with E-state index in [0.717, 1.165) is 39.7 Å². The van der Waals surface area contributed by atoms with Gasteiger partial charge in [0, 0.05) is 34.0 Å². The van der Waals surface area contributed by atoms with Crippen molar-refractivity contribution in [1.82, 2.24) is 4.98 Å². The molecule has 0 bridgehead atoms. The average molecular weight is 465 g/mol. The number of fused-ring (bicyclic) bond motifs is 1. The highest BCUT2D eigenvalue weighted by Crippen LogP contribution is 2.31. The van der Waals surface area contributed by atoms with E-state index in [-0.39, 0.29) is 23.6 Å². The van der Waals surface area contributed by atoms with Crippen molar-refractivity contribution in [3.05, 3.63) is 94.7 Å². The number of aromatic amines is 1. The molecular formula is C26H22F3N3O2. The second-order valence-corrected chi connectivity index (χ2v) is 8.15. The second-order valence-electron chi connectivity index (χ2n) is 8.15. The van der Waals surface area contributed by atoms with Crippen LogP contribution in [0.3, 0.4) is 0 Å². The molecule has 0 unspecified atom stereocenters. The smallest absolute Gasteiger partial charge is 0.361 e. The third-order valence-corrected chi connectivity index (χ3v) is 5.50. The normalized spacial score (nSPS) is 11.4. The molecule has 0 fully saturated rings. The van der Waals surface area contributed by atoms with E-state index in [1.807, 2.05) is 25.1 Å². The van der Waals surface area contributed by atoms with Crippen molar-refractivity contribution < 1.29 is 22.8 Å². The van der Waals surface area contributed by atoms with Crippen molar-refractivity contribution in [2.24, 2.45) is 0 Å². The number of H-pyrrole nitrogens is 1. The van der Waals surface area contributed by atoms with Crippen molar-refractivity contribution in [2.75, 3.05) is 10.6 Å². The van der Waals surface area contributed by atoms with Crippen LogP contribution in [0.5, 0.6) is 0 Å². The van der Waals surface area contributed by atoms with E-state index < -0.39 is 17.6 Å². The summed E-state index contributed by atoms with van der Waals surface area (Å²) < 4.78 is 38.8. The Balaban J connectivity index is 1.48. The number of rotatable bonds is 5. The number of benzene rings is 3. The van der Waals surface area contributed by atoms with Gasteiger partial charge in [-0.2, -0.15) is 13.2 Å². The Labute approximate surface area is 194 Å². The SMILES string of the molecule is Cc1ccc2c(CC(=O)Nc3cc(C(=O)Nc4cccc(C(F)(F)F)c4)ccc3C)c[nH]c2c1. The zero-order valence-electron chi connectivity index (χ0n) is 18.5. The molecule has 0 saturated heterocycles. The number of nitrogens with one attached hydrogen (secondary N) is 3. The molecule has 34 heavy (non-hydrogen) atoms. The van der Waals surface area contributed by atoms with E-state index in [1.165, 1.54) is 18.2 Å². The number of hydrogen-bond donors (Lipinski definition) is 3. The third kappa shape index (κ3) is 5.11. The maximum atomic E-state index is 12.9. The number of halogens is 3. The van der Waals surface area contributed by atoms with Crippen LogP contribution in [-0.2, 0) is 17.4 Å². The summed E-state index contributed by atoms with van der Waals surface area (Å²) in [6.07, 6.45) is -2.57. The molecule has 0 aliphatic heterocycles. The summed E-state index contributed by atoms with van der Waals surface area (Å²) in [7, 11) is 0. The molecule has 2 amide bonds. The molecule has 1 aromatic heterocycles. The number of aromatic nitrogens is 1. The van der Waals surface area contributed by atoms with Crippen molar-refractivity contribution in [1.29, 1.82) is 0 Å². The Morgan fingerprint density at radius 2 is 1.74 bits per heavy atom. The molecule has 174 valence electrons. The molecule has 0 atom stereocenters. The van der Waals surface area contributed by atoms with Crippen molar-refractivity contribution in [3.8, 4) is 0 Å². The first-order valence-electron chi connectivity index (χ1n) is 10.6. The van der Waals surface area contributed by atoms with Crippen LogP contribution in [-0.4, -0.2) is 16.8 Å². The van der Waals surface area contributed by atoms with Crippen LogP contribution in [0.2, 0.25) is 0 Å². The summed E-state index contributed by atoms with van der Waals surface area (Å²) in [6, 6.07) is 15.1. The van der Waals surface area contributed by atoms with Gasteiger partial charge in [-0.15, -0.1) is 0 Å². The van der Waals surface area contributed by atoms with Gasteiger partial charge in [0.05, 0.1) is 12.0 Å². The van der Waals surface area contributed by atoms with Gasteiger partial charge in [-0.1, -0.05) is 24.3 Å². The Morgan fingerprint density at radius 3 is 2.50 bits per heavy atom. The van der Waals surface area contributed by atoms with E-state index in [0.29, 0.717) is 5.69 Å². The van der Waals surface area contributed by atoms with Crippen molar-refractivity contribution in [3.63, 3.8) is 0 Å². The van der Waals surface area contributed by atoms with Gasteiger partial charge in [-0.05, 0) is 66.9 Å². The van der Waals surface area contributed by atoms with Gasteiger partial charge >= 0.3 is 6.18 Å². The lowest BCUT2D eigenvalue weighted by molar-refractivity contribution is -0.137. The molecule has 0 radical (unpaired) electrons. The second kappa shape index (κ2) is 9.05. The first-order chi connectivity index (χ1) is 16.1. The highest BCUT2D eigenvalue weighted by atomic mass is 19.4. The van der Waals surface area contributed by atoms with Gasteiger partial charge in [-0.25, -0.2) is 0 Å². The van der Waals surface area contributed by atoms with Gasteiger partial charge in [-0.3, -0.25) is 9.59 Å². The molecule has 3 N–H and O–H groups in total. The van der Waals surface area contributed by atoms with Crippen LogP contribution in [0, 0.1) is 13.8 Å². The molecule has 1 heterocycles. The fraction of sp³-hybridized carbons (Fsp3) is 0.154. The first kappa shape index (κ1) is 23.1. The van der Waals surface area contributed by atoms with Crippen LogP contribution >= 0.6 is 0 Å². The molecule has 0 spiro atoms. The zero-order valence-corrected chi connectivity index (χ0v) is 18.5. The van der Waals surface area contributed by atoms with Crippen molar-refractivity contribution in [2.45, 2.75) is 26.4 Å². The molecule has 8 heteroatoms. The monoisotopic (exact) mass is 465 g/mol. The van der Waals surface area contributed by atoms with E-state index in [2.05, 4.69) is 15.6 Å². The van der Waals surface area contributed by atoms with Crippen LogP contribution < -0.4 is 10.6 Å². The molecule has 0 saturated carbocycles. The molecule has 4 rings (SSSR count). The summed E-state index contributed by atoms with van der Waals surface area (Å²) in [4.78, 5) is 28.5. The lowest BCUT2D eigenvalue weighted by Gasteiger charge is -2.12. The molecule has 0 aliphatic rings. The highest BCUT2D eigenvalue weighted by Gasteiger charge is 2.30. The number of hydrogen-bond acceptors (Lipinski definition) is 2. The lowest BCUT2D eigenvalue weighted by atomic mass is 10.1. The first-order valence-corrected chi connectivity index (χ1v) is 10.6. The fourth-order valence-corrected chi connectivity index (χ4v) is 3.69. The number of alkyl halides is 3. The standard InChI is InChI=1S/C26H22F3N3O2/c1-15-6-9-21-18(14-30-23(21)10-15)12-24(33)32-22-11-17(8-7-16(22)2)25(34)31-20-5-3-4-19(13-20)26(27,28)29/h3-11,13-14,30H,12H2,1-2H3,(H,31,34)(H,32,33). The minimum Gasteiger partial charge on any atom is -0.361 e. The van der Waals surface area contributed by atoms with Crippen LogP contribution in [0.4, 0.5) is 24.5 Å². The summed E-state index contributed by atoms with van der Waals surface area (Å²) in [5.74, 6) is -0.832. The van der Waals surface area contributed by atoms with Gasteiger partial charge in [0.1, 0.15) is 0 Å². The average Bonchev–Trinajstić information content (AvgIpc) is 3.16. The topological polar surface area (TPSA) is 74.0 Å². The Bertz CT molecular complexity index is 1390. The summed E-state index contributed by atoms with van der Waals surface area (Å²) in [6.45, 7) is 3.78. The van der Waals surface area contributed by atoms with E-state index >= 15 is 0 Å². The number of carbonyl (C=O) groups excluding carboxylic acids is 2. The predicted molar refractivity (Wildman–Crippen MR) is 126 cm³/mol. The van der Waals surface area contributed by atoms with Crippen LogP contribution in [0.15, 0.2) is 66.9 Å². The third-order valence-electron chi connectivity index (χ3n) is 5.50. The van der Waals surface area contributed by atoms with Gasteiger partial charge < -0.3 is 15.6 Å². The minimum atomic E-state index is -4.51. The molecule has 0 aliphatic carbocycles. The zero-order chi connectivity index (χ0) is 24.5. The van der Waals surface area contributed by atoms with Gasteiger partial charge in [0.25, 0.3) is 5.91 Å². The number of anilines is 2. The molecule has 4 aromatic rings. The van der Waals surface area contributed by atoms with E-state index in [1.54, 1.807) is 25.3 Å². The fourth-order valence-electron chi connectivity index (χ4n) is 3.69. The number of aryl methyl sites for hydroxylation is 2. The maximum absolute atomic E-state index is 12.9. The number of carbonyl (C=O) groups is 2. The van der Waals surface area contributed by atoms with Crippen molar-refractivity contribution >= 4 is 34.1 Å². The Hall–Kier alpha value is -4.07. The highest BCUT2D eigenvalue weighted by molar-refractivity contribution is 6.06. The summed E-state index contributed by atoms with van der Waals surface area (Å²) in [5, 5.41) is 6.27. The quantitative estimate of drug-likeness (QED) is 0.327. The maximum Gasteiger partial charge on any atom is 0.416 e. The van der Waals surface area contributed by atoms with Gasteiger partial charge in [0.2, 0.25) is 5.91 Å². The Morgan fingerprint density at radius 1 is 0.941 bits per heavy atom. The Kier molecular flexibility index (Phi) is 6.15.